The topological polar surface area (TPSA) is 54.4 Å². The van der Waals surface area contributed by atoms with E-state index in [-0.39, 0.29) is 11.7 Å². The molecule has 1 N–H and O–H groups in total. The van der Waals surface area contributed by atoms with Crippen LogP contribution in [0, 0.1) is 5.92 Å². The third-order valence-corrected chi connectivity index (χ3v) is 3.85. The highest BCUT2D eigenvalue weighted by atomic mass is 16.3. The molecule has 0 rings (SSSR count). The van der Waals surface area contributed by atoms with Crippen LogP contribution in [0.5, 0.6) is 0 Å². The highest BCUT2D eigenvalue weighted by Crippen LogP contribution is 2.19. The van der Waals surface area contributed by atoms with E-state index in [1.165, 1.54) is 46.0 Å². The van der Waals surface area contributed by atoms with Gasteiger partial charge in [0.1, 0.15) is 0 Å². The van der Waals surface area contributed by atoms with Gasteiger partial charge in [0.05, 0.1) is 0 Å². The zero-order valence-electron chi connectivity index (χ0n) is 13.0. The highest BCUT2D eigenvalue weighted by molar-refractivity contribution is 6.09. The first-order valence-corrected chi connectivity index (χ1v) is 7.61. The van der Waals surface area contributed by atoms with Crippen LogP contribution in [-0.4, -0.2) is 22.3 Å². The Kier molecular flexibility index (Phi) is 8.90. The fraction of sp³-hybridized carbons (Fsp3) is 0.875. The Bertz CT molecular complexity index is 282. The van der Waals surface area contributed by atoms with Crippen molar-refractivity contribution in [2.45, 2.75) is 84.7 Å². The Morgan fingerprint density at radius 1 is 1.05 bits per heavy atom. The third-order valence-electron chi connectivity index (χ3n) is 3.85. The number of hydrogen-bond donors (Lipinski definition) is 1. The zero-order chi connectivity index (χ0) is 14.9. The van der Waals surface area contributed by atoms with Gasteiger partial charge in [-0.05, 0) is 20.3 Å². The van der Waals surface area contributed by atoms with Crippen molar-refractivity contribution in [2.24, 2.45) is 5.92 Å². The second-order valence-corrected chi connectivity index (χ2v) is 5.80. The van der Waals surface area contributed by atoms with Crippen LogP contribution in [0.4, 0.5) is 0 Å². The molecule has 3 heteroatoms. The monoisotopic (exact) mass is 270 g/mol. The number of ketones is 2. The molecule has 0 aliphatic carbocycles. The number of Topliss-reactive ketones (excluding diaryl/α,β-unsaturated/α-hetero) is 2. The Morgan fingerprint density at radius 2 is 1.53 bits per heavy atom. The molecule has 0 bridgehead atoms. The van der Waals surface area contributed by atoms with Gasteiger partial charge in [-0.2, -0.15) is 0 Å². The van der Waals surface area contributed by atoms with Gasteiger partial charge in [0, 0.05) is 5.92 Å². The standard InChI is InChI=1S/C16H30O3/c1-5-6-7-8-9-10-11-12-13(2)15(18)16(4,19)14(3)17/h13,19H,5-12H2,1-4H3/t13-,16+/m1/s1. The maximum Gasteiger partial charge on any atom is 0.178 e. The van der Waals surface area contributed by atoms with E-state index in [4.69, 9.17) is 0 Å². The van der Waals surface area contributed by atoms with Crippen LogP contribution in [0.1, 0.15) is 79.1 Å². The minimum atomic E-state index is -1.81. The van der Waals surface area contributed by atoms with Crippen LogP contribution in [-0.2, 0) is 9.59 Å². The molecule has 0 aliphatic heterocycles. The second-order valence-electron chi connectivity index (χ2n) is 5.80. The molecule has 0 radical (unpaired) electrons. The molecule has 0 amide bonds. The Labute approximate surface area is 117 Å². The Hall–Kier alpha value is -0.700. The van der Waals surface area contributed by atoms with E-state index in [2.05, 4.69) is 6.92 Å². The summed E-state index contributed by atoms with van der Waals surface area (Å²) in [6, 6.07) is 0. The zero-order valence-corrected chi connectivity index (χ0v) is 13.0. The molecule has 0 aromatic carbocycles. The fourth-order valence-corrected chi connectivity index (χ4v) is 2.19. The summed E-state index contributed by atoms with van der Waals surface area (Å²) in [7, 11) is 0. The number of unbranched alkanes of at least 4 members (excludes halogenated alkanes) is 6. The molecular formula is C16H30O3. The van der Waals surface area contributed by atoms with Crippen molar-refractivity contribution >= 4 is 11.6 Å². The minimum absolute atomic E-state index is 0.241. The van der Waals surface area contributed by atoms with Crippen LogP contribution in [0.2, 0.25) is 0 Å². The first-order valence-electron chi connectivity index (χ1n) is 7.61. The SMILES string of the molecule is CCCCCCCCC[C@@H](C)C(=O)[C@@](C)(O)C(C)=O. The van der Waals surface area contributed by atoms with E-state index in [0.717, 1.165) is 19.3 Å². The summed E-state index contributed by atoms with van der Waals surface area (Å²) in [5.74, 6) is -1.05. The molecule has 0 aliphatic rings. The average Bonchev–Trinajstić information content (AvgIpc) is 2.36. The fourth-order valence-electron chi connectivity index (χ4n) is 2.19. The summed E-state index contributed by atoms with van der Waals surface area (Å²) in [4.78, 5) is 23.2. The number of carbonyl (C=O) groups excluding carboxylic acids is 2. The Morgan fingerprint density at radius 3 is 2.00 bits per heavy atom. The first-order chi connectivity index (χ1) is 8.84. The maximum absolute atomic E-state index is 11.9. The molecule has 0 spiro atoms. The van der Waals surface area contributed by atoms with Gasteiger partial charge in [-0.3, -0.25) is 9.59 Å². The Balaban J connectivity index is 3.83. The number of rotatable bonds is 11. The molecule has 19 heavy (non-hydrogen) atoms. The van der Waals surface area contributed by atoms with Crippen LogP contribution in [0.3, 0.4) is 0 Å². The summed E-state index contributed by atoms with van der Waals surface area (Å²) in [5, 5.41) is 9.83. The van der Waals surface area contributed by atoms with E-state index < -0.39 is 11.4 Å². The molecule has 3 nitrogen and oxygen atoms in total. The van der Waals surface area contributed by atoms with E-state index in [1.807, 2.05) is 0 Å². The highest BCUT2D eigenvalue weighted by Gasteiger charge is 2.37. The summed E-state index contributed by atoms with van der Waals surface area (Å²) in [6.07, 6.45) is 9.21. The van der Waals surface area contributed by atoms with Crippen molar-refractivity contribution in [1.82, 2.24) is 0 Å². The summed E-state index contributed by atoms with van der Waals surface area (Å²) in [6.45, 7) is 6.57. The van der Waals surface area contributed by atoms with Crippen molar-refractivity contribution in [3.05, 3.63) is 0 Å². The largest absolute Gasteiger partial charge is 0.375 e. The predicted molar refractivity (Wildman–Crippen MR) is 78.1 cm³/mol. The van der Waals surface area contributed by atoms with Crippen LogP contribution < -0.4 is 0 Å². The summed E-state index contributed by atoms with van der Waals surface area (Å²) >= 11 is 0. The molecule has 2 atom stereocenters. The third kappa shape index (κ3) is 6.86. The normalized spacial score (nSPS) is 15.8. The van der Waals surface area contributed by atoms with Crippen LogP contribution >= 0.6 is 0 Å². The molecule has 0 unspecified atom stereocenters. The molecule has 0 heterocycles. The van der Waals surface area contributed by atoms with E-state index in [0.29, 0.717) is 0 Å². The van der Waals surface area contributed by atoms with Gasteiger partial charge < -0.3 is 5.11 Å². The molecule has 0 aromatic heterocycles. The van der Waals surface area contributed by atoms with Crippen molar-refractivity contribution < 1.29 is 14.7 Å². The van der Waals surface area contributed by atoms with Gasteiger partial charge >= 0.3 is 0 Å². The average molecular weight is 270 g/mol. The van der Waals surface area contributed by atoms with E-state index >= 15 is 0 Å². The van der Waals surface area contributed by atoms with Gasteiger partial charge in [0.25, 0.3) is 0 Å². The van der Waals surface area contributed by atoms with Gasteiger partial charge in [0.15, 0.2) is 17.2 Å². The van der Waals surface area contributed by atoms with Crippen molar-refractivity contribution in [3.8, 4) is 0 Å². The predicted octanol–water partition coefficient (Wildman–Crippen LogP) is 3.67. The lowest BCUT2D eigenvalue weighted by Crippen LogP contribution is -2.45. The van der Waals surface area contributed by atoms with Crippen molar-refractivity contribution in [2.75, 3.05) is 0 Å². The van der Waals surface area contributed by atoms with Crippen molar-refractivity contribution in [1.29, 1.82) is 0 Å². The van der Waals surface area contributed by atoms with E-state index in [9.17, 15) is 14.7 Å². The lowest BCUT2D eigenvalue weighted by molar-refractivity contribution is -0.150. The van der Waals surface area contributed by atoms with Gasteiger partial charge in [-0.15, -0.1) is 0 Å². The lowest BCUT2D eigenvalue weighted by Gasteiger charge is -2.22. The van der Waals surface area contributed by atoms with Crippen LogP contribution in [0.25, 0.3) is 0 Å². The molecule has 0 aromatic rings. The van der Waals surface area contributed by atoms with Gasteiger partial charge in [0.2, 0.25) is 0 Å². The summed E-state index contributed by atoms with van der Waals surface area (Å²) < 4.78 is 0. The number of aliphatic hydroxyl groups is 1. The van der Waals surface area contributed by atoms with Crippen LogP contribution in [0.15, 0.2) is 0 Å². The molecule has 0 saturated carbocycles. The molecular weight excluding hydrogens is 240 g/mol. The molecule has 112 valence electrons. The quantitative estimate of drug-likeness (QED) is 0.460. The van der Waals surface area contributed by atoms with Crippen molar-refractivity contribution in [3.63, 3.8) is 0 Å². The van der Waals surface area contributed by atoms with Gasteiger partial charge in [-0.1, -0.05) is 58.8 Å². The lowest BCUT2D eigenvalue weighted by atomic mass is 9.85. The maximum atomic E-state index is 11.9. The number of carbonyl (C=O) groups is 2. The molecule has 0 saturated heterocycles. The molecule has 0 fully saturated rings. The number of hydrogen-bond acceptors (Lipinski definition) is 3. The summed E-state index contributed by atoms with van der Waals surface area (Å²) in [5.41, 5.74) is -1.81. The smallest absolute Gasteiger partial charge is 0.178 e. The first kappa shape index (κ1) is 18.3. The minimum Gasteiger partial charge on any atom is -0.375 e. The van der Waals surface area contributed by atoms with Gasteiger partial charge in [-0.25, -0.2) is 0 Å². The second kappa shape index (κ2) is 9.24. The van der Waals surface area contributed by atoms with E-state index in [1.54, 1.807) is 6.92 Å².